The van der Waals surface area contributed by atoms with Crippen molar-refractivity contribution in [3.05, 3.63) is 35.9 Å². The van der Waals surface area contributed by atoms with Crippen LogP contribution in [0.1, 0.15) is 12.5 Å². The summed E-state index contributed by atoms with van der Waals surface area (Å²) in [5, 5.41) is 0.878. The fraction of sp³-hybridized carbons (Fsp3) is 0.400. The van der Waals surface area contributed by atoms with Gasteiger partial charge >= 0.3 is 5.97 Å². The number of hydrogen-bond acceptors (Lipinski definition) is 5. The van der Waals surface area contributed by atoms with Crippen LogP contribution in [-0.4, -0.2) is 53.8 Å². The Morgan fingerprint density at radius 1 is 1.38 bits per heavy atom. The minimum absolute atomic E-state index is 0.0246. The molecule has 1 atom stereocenters. The van der Waals surface area contributed by atoms with Crippen LogP contribution in [0.3, 0.4) is 0 Å². The van der Waals surface area contributed by atoms with Gasteiger partial charge in [-0.05, 0) is 6.92 Å². The second-order valence-corrected chi connectivity index (χ2v) is 5.56. The second kappa shape index (κ2) is 7.26. The van der Waals surface area contributed by atoms with Crippen LogP contribution in [0.4, 0.5) is 0 Å². The van der Waals surface area contributed by atoms with Gasteiger partial charge in [-0.2, -0.15) is 0 Å². The minimum Gasteiger partial charge on any atom is -0.468 e. The van der Waals surface area contributed by atoms with Gasteiger partial charge in [-0.25, -0.2) is 0 Å². The minimum atomic E-state index is -0.421. The average molecular weight is 306 g/mol. The molecule has 1 aromatic rings. The van der Waals surface area contributed by atoms with Crippen molar-refractivity contribution in [3.8, 4) is 0 Å². The van der Waals surface area contributed by atoms with Gasteiger partial charge in [0.25, 0.3) is 0 Å². The molecular formula is C15H18N2O3S. The molecule has 112 valence electrons. The Morgan fingerprint density at radius 3 is 2.71 bits per heavy atom. The molecular weight excluding hydrogens is 288 g/mol. The molecule has 0 saturated carbocycles. The molecule has 2 rings (SSSR count). The number of thioether (sulfide) groups is 1. The number of aliphatic imine (C=N–C) groups is 1. The lowest BCUT2D eigenvalue weighted by Crippen LogP contribution is -2.41. The summed E-state index contributed by atoms with van der Waals surface area (Å²) in [6.07, 6.45) is 0. The van der Waals surface area contributed by atoms with Crippen molar-refractivity contribution < 1.29 is 14.3 Å². The van der Waals surface area contributed by atoms with Crippen LogP contribution in [0.5, 0.6) is 0 Å². The van der Waals surface area contributed by atoms with Crippen LogP contribution >= 0.6 is 11.8 Å². The van der Waals surface area contributed by atoms with Gasteiger partial charge in [0.05, 0.1) is 12.2 Å². The summed E-state index contributed by atoms with van der Waals surface area (Å²) in [5.41, 5.74) is 1.02. The van der Waals surface area contributed by atoms with E-state index in [1.807, 2.05) is 37.3 Å². The van der Waals surface area contributed by atoms with Crippen LogP contribution < -0.4 is 0 Å². The number of rotatable bonds is 5. The molecule has 5 nitrogen and oxygen atoms in total. The second-order valence-electron chi connectivity index (χ2n) is 4.56. The van der Waals surface area contributed by atoms with Crippen molar-refractivity contribution in [3.63, 3.8) is 0 Å². The zero-order valence-electron chi connectivity index (χ0n) is 12.1. The number of benzene rings is 1. The molecule has 0 aromatic heterocycles. The fourth-order valence-corrected chi connectivity index (χ4v) is 3.05. The number of nitrogens with zero attached hydrogens (tertiary/aromatic N) is 2. The first-order valence-electron chi connectivity index (χ1n) is 6.77. The smallest absolute Gasteiger partial charge is 0.325 e. The summed E-state index contributed by atoms with van der Waals surface area (Å²) in [6.45, 7) is 2.28. The molecule has 0 radical (unpaired) electrons. The summed E-state index contributed by atoms with van der Waals surface area (Å²) in [7, 11) is 1.32. The highest BCUT2D eigenvalue weighted by molar-refractivity contribution is 8.14. The van der Waals surface area contributed by atoms with E-state index in [1.165, 1.54) is 12.0 Å². The number of ether oxygens (including phenoxy) is 1. The molecule has 0 N–H and O–H groups in total. The predicted molar refractivity (Wildman–Crippen MR) is 83.5 cm³/mol. The van der Waals surface area contributed by atoms with Crippen LogP contribution in [0, 0.1) is 0 Å². The molecule has 1 aliphatic heterocycles. The van der Waals surface area contributed by atoms with Crippen molar-refractivity contribution in [1.29, 1.82) is 0 Å². The summed E-state index contributed by atoms with van der Waals surface area (Å²) < 4.78 is 4.61. The molecule has 1 unspecified atom stereocenters. The van der Waals surface area contributed by atoms with Gasteiger partial charge < -0.3 is 9.64 Å². The van der Waals surface area contributed by atoms with Crippen molar-refractivity contribution in [2.45, 2.75) is 13.0 Å². The van der Waals surface area contributed by atoms with Gasteiger partial charge in [0.15, 0.2) is 0 Å². The molecule has 1 aliphatic rings. The molecule has 0 spiro atoms. The van der Waals surface area contributed by atoms with Crippen LogP contribution in [0.15, 0.2) is 35.3 Å². The number of carbonyl (C=O) groups excluding carboxylic acids is 2. The highest BCUT2D eigenvalue weighted by atomic mass is 32.2. The van der Waals surface area contributed by atoms with Crippen molar-refractivity contribution in [1.82, 2.24) is 4.90 Å². The fourth-order valence-electron chi connectivity index (χ4n) is 2.02. The first kappa shape index (κ1) is 15.6. The Morgan fingerprint density at radius 2 is 2.10 bits per heavy atom. The molecule has 21 heavy (non-hydrogen) atoms. The predicted octanol–water partition coefficient (Wildman–Crippen LogP) is 1.57. The topological polar surface area (TPSA) is 59.0 Å². The van der Waals surface area contributed by atoms with Gasteiger partial charge in [0, 0.05) is 17.9 Å². The Bertz CT molecular complexity index is 545. The molecule has 1 heterocycles. The van der Waals surface area contributed by atoms with Crippen molar-refractivity contribution >= 4 is 28.7 Å². The third-order valence-electron chi connectivity index (χ3n) is 3.20. The highest BCUT2D eigenvalue weighted by Gasteiger charge is 2.29. The molecule has 0 saturated heterocycles. The normalized spacial score (nSPS) is 17.2. The summed E-state index contributed by atoms with van der Waals surface area (Å²) in [5.74, 6) is 0.0743. The first-order valence-corrected chi connectivity index (χ1v) is 7.76. The molecule has 0 fully saturated rings. The van der Waals surface area contributed by atoms with E-state index < -0.39 is 12.0 Å². The molecule has 0 bridgehead atoms. The first-order chi connectivity index (χ1) is 10.2. The molecule has 0 aliphatic carbocycles. The van der Waals surface area contributed by atoms with Gasteiger partial charge in [-0.3, -0.25) is 14.6 Å². The van der Waals surface area contributed by atoms with E-state index in [9.17, 15) is 9.59 Å². The number of amides is 1. The number of carbonyl (C=O) groups is 2. The zero-order valence-corrected chi connectivity index (χ0v) is 12.9. The van der Waals surface area contributed by atoms with Crippen LogP contribution in [0.25, 0.3) is 0 Å². The van der Waals surface area contributed by atoms with Crippen LogP contribution in [-0.2, 0) is 14.3 Å². The summed E-state index contributed by atoms with van der Waals surface area (Å²) in [6, 6.07) is 9.37. The van der Waals surface area contributed by atoms with E-state index in [2.05, 4.69) is 9.73 Å². The Labute approximate surface area is 128 Å². The van der Waals surface area contributed by atoms with Gasteiger partial charge in [-0.15, -0.1) is 11.8 Å². The highest BCUT2D eigenvalue weighted by Crippen LogP contribution is 2.24. The lowest BCUT2D eigenvalue weighted by Gasteiger charge is -2.21. The van der Waals surface area contributed by atoms with E-state index in [0.29, 0.717) is 12.3 Å². The Kier molecular flexibility index (Phi) is 5.38. The lowest BCUT2D eigenvalue weighted by molar-refractivity contribution is -0.147. The lowest BCUT2D eigenvalue weighted by atomic mass is 10.2. The van der Waals surface area contributed by atoms with Gasteiger partial charge in [-0.1, -0.05) is 30.3 Å². The Hall–Kier alpha value is -1.82. The molecule has 6 heteroatoms. The van der Waals surface area contributed by atoms with Gasteiger partial charge in [0.2, 0.25) is 5.91 Å². The number of likely N-dealkylation sites (N-methyl/N-ethyl adjacent to an activating group) is 1. The third-order valence-corrected chi connectivity index (χ3v) is 4.29. The number of esters is 1. The standard InChI is InChI=1S/C15H18N2O3S/c1-3-17(9-13(18)20-2)15(19)12-10-21-14(16-12)11-7-5-4-6-8-11/h4-8,12H,3,9-10H2,1-2H3. The zero-order chi connectivity index (χ0) is 15.2. The number of methoxy groups -OCH3 is 1. The maximum absolute atomic E-state index is 12.4. The van der Waals surface area contributed by atoms with Crippen molar-refractivity contribution in [2.24, 2.45) is 4.99 Å². The van der Waals surface area contributed by atoms with E-state index in [0.717, 1.165) is 10.6 Å². The SMILES string of the molecule is CCN(CC(=O)OC)C(=O)C1CSC(c2ccccc2)=N1. The maximum atomic E-state index is 12.4. The molecule has 1 aromatic carbocycles. The van der Waals surface area contributed by atoms with Crippen LogP contribution in [0.2, 0.25) is 0 Å². The monoisotopic (exact) mass is 306 g/mol. The summed E-state index contributed by atoms with van der Waals surface area (Å²) in [4.78, 5) is 29.7. The summed E-state index contributed by atoms with van der Waals surface area (Å²) >= 11 is 1.57. The number of hydrogen-bond donors (Lipinski definition) is 0. The third kappa shape index (κ3) is 3.85. The van der Waals surface area contributed by atoms with Crippen molar-refractivity contribution in [2.75, 3.05) is 26.0 Å². The molecule has 1 amide bonds. The maximum Gasteiger partial charge on any atom is 0.325 e. The Balaban J connectivity index is 2.07. The van der Waals surface area contributed by atoms with E-state index in [4.69, 9.17) is 0 Å². The van der Waals surface area contributed by atoms with E-state index in [1.54, 1.807) is 11.8 Å². The van der Waals surface area contributed by atoms with Gasteiger partial charge in [0.1, 0.15) is 12.6 Å². The van der Waals surface area contributed by atoms with E-state index in [-0.39, 0.29) is 12.5 Å². The largest absolute Gasteiger partial charge is 0.468 e. The van der Waals surface area contributed by atoms with E-state index >= 15 is 0 Å². The average Bonchev–Trinajstić information content (AvgIpc) is 3.02. The quantitative estimate of drug-likeness (QED) is 0.775.